The predicted molar refractivity (Wildman–Crippen MR) is 93.4 cm³/mol. The highest BCUT2D eigenvalue weighted by Gasteiger charge is 2.44. The van der Waals surface area contributed by atoms with E-state index in [0.717, 1.165) is 25.2 Å². The van der Waals surface area contributed by atoms with Crippen LogP contribution in [0, 0.1) is 5.41 Å². The topological polar surface area (TPSA) is 93.9 Å². The Balaban J connectivity index is 1.81. The minimum Gasteiger partial charge on any atom is -0.442 e. The van der Waals surface area contributed by atoms with Crippen LogP contribution >= 0.6 is 0 Å². The fraction of sp³-hybridized carbons (Fsp3) is 0.556. The van der Waals surface area contributed by atoms with Crippen molar-refractivity contribution in [2.24, 2.45) is 11.1 Å². The van der Waals surface area contributed by atoms with E-state index in [9.17, 15) is 9.59 Å². The van der Waals surface area contributed by atoms with Gasteiger partial charge in [0.1, 0.15) is 6.10 Å². The number of fused-ring (bicyclic) bond motifs is 1. The number of hydrogen-bond donors (Lipinski definition) is 2. The molecule has 2 atom stereocenters. The highest BCUT2D eigenvalue weighted by Crippen LogP contribution is 2.32. The maximum absolute atomic E-state index is 12.4. The van der Waals surface area contributed by atoms with Crippen molar-refractivity contribution in [2.75, 3.05) is 18.0 Å². The standard InChI is InChI=1S/C18H25N3O4/c1-18(2,3)15(25-16(19)22)14-10-21(17(23)24-14)13-5-4-12-9-20-7-6-11(12)8-13/h4-5,8,14-15,20H,6-7,9-10H2,1-3H3,(H2,19,22)/t14-,15?/m0/s1. The third kappa shape index (κ3) is 3.71. The van der Waals surface area contributed by atoms with E-state index in [1.54, 1.807) is 4.90 Å². The van der Waals surface area contributed by atoms with Crippen molar-refractivity contribution < 1.29 is 19.1 Å². The second kappa shape index (κ2) is 6.55. The van der Waals surface area contributed by atoms with Gasteiger partial charge in [0.2, 0.25) is 0 Å². The number of nitrogens with zero attached hydrogens (tertiary/aromatic N) is 1. The average molecular weight is 347 g/mol. The van der Waals surface area contributed by atoms with Gasteiger partial charge in [0.25, 0.3) is 0 Å². The molecule has 2 aliphatic rings. The van der Waals surface area contributed by atoms with Crippen molar-refractivity contribution in [3.05, 3.63) is 29.3 Å². The van der Waals surface area contributed by atoms with E-state index in [1.807, 2.05) is 39.0 Å². The quantitative estimate of drug-likeness (QED) is 0.874. The van der Waals surface area contributed by atoms with Crippen LogP contribution in [0.5, 0.6) is 0 Å². The number of rotatable bonds is 3. The van der Waals surface area contributed by atoms with Crippen molar-refractivity contribution in [1.29, 1.82) is 0 Å². The average Bonchev–Trinajstić information content (AvgIpc) is 2.92. The van der Waals surface area contributed by atoms with Gasteiger partial charge in [0.15, 0.2) is 6.10 Å². The van der Waals surface area contributed by atoms with Crippen LogP contribution in [-0.2, 0) is 22.4 Å². The number of ether oxygens (including phenoxy) is 2. The molecular formula is C18H25N3O4. The van der Waals surface area contributed by atoms with Crippen LogP contribution < -0.4 is 16.0 Å². The van der Waals surface area contributed by atoms with Gasteiger partial charge in [-0.1, -0.05) is 26.8 Å². The minimum atomic E-state index is -0.865. The lowest BCUT2D eigenvalue weighted by Gasteiger charge is -2.32. The Kier molecular flexibility index (Phi) is 4.60. The highest BCUT2D eigenvalue weighted by atomic mass is 16.6. The summed E-state index contributed by atoms with van der Waals surface area (Å²) in [6.45, 7) is 7.86. The lowest BCUT2D eigenvalue weighted by atomic mass is 9.85. The zero-order valence-electron chi connectivity index (χ0n) is 14.9. The smallest absolute Gasteiger partial charge is 0.414 e. The molecule has 7 heteroatoms. The Morgan fingerprint density at radius 2 is 2.16 bits per heavy atom. The molecule has 0 radical (unpaired) electrons. The summed E-state index contributed by atoms with van der Waals surface area (Å²) < 4.78 is 10.8. The number of nitrogens with two attached hydrogens (primary N) is 1. The molecule has 3 N–H and O–H groups in total. The minimum absolute atomic E-state index is 0.324. The largest absolute Gasteiger partial charge is 0.442 e. The maximum Gasteiger partial charge on any atom is 0.414 e. The second-order valence-electron chi connectivity index (χ2n) is 7.64. The van der Waals surface area contributed by atoms with E-state index >= 15 is 0 Å². The van der Waals surface area contributed by atoms with Crippen LogP contribution in [0.4, 0.5) is 15.3 Å². The van der Waals surface area contributed by atoms with Crippen LogP contribution in [0.3, 0.4) is 0 Å². The first-order chi connectivity index (χ1) is 11.8. The summed E-state index contributed by atoms with van der Waals surface area (Å²) in [5.74, 6) is 0. The molecular weight excluding hydrogens is 322 g/mol. The van der Waals surface area contributed by atoms with Gasteiger partial charge >= 0.3 is 12.2 Å². The molecule has 2 heterocycles. The van der Waals surface area contributed by atoms with Crippen molar-refractivity contribution in [3.63, 3.8) is 0 Å². The molecule has 0 aromatic heterocycles. The Bertz CT molecular complexity index is 683. The lowest BCUT2D eigenvalue weighted by Crippen LogP contribution is -2.44. The molecule has 3 rings (SSSR count). The lowest BCUT2D eigenvalue weighted by molar-refractivity contribution is -0.0381. The van der Waals surface area contributed by atoms with E-state index < -0.39 is 29.8 Å². The van der Waals surface area contributed by atoms with Crippen LogP contribution in [0.15, 0.2) is 18.2 Å². The Labute approximate surface area is 147 Å². The van der Waals surface area contributed by atoms with E-state index in [0.29, 0.717) is 6.54 Å². The normalized spacial score (nSPS) is 21.5. The van der Waals surface area contributed by atoms with Crippen molar-refractivity contribution >= 4 is 17.9 Å². The molecule has 1 aromatic rings. The summed E-state index contributed by atoms with van der Waals surface area (Å²) in [4.78, 5) is 25.2. The Morgan fingerprint density at radius 1 is 1.40 bits per heavy atom. The molecule has 1 aromatic carbocycles. The van der Waals surface area contributed by atoms with Crippen LogP contribution in [0.2, 0.25) is 0 Å². The third-order valence-corrected chi connectivity index (χ3v) is 4.66. The van der Waals surface area contributed by atoms with E-state index in [-0.39, 0.29) is 0 Å². The van der Waals surface area contributed by atoms with Crippen molar-refractivity contribution in [1.82, 2.24) is 5.32 Å². The first-order valence-electron chi connectivity index (χ1n) is 8.52. The summed E-state index contributed by atoms with van der Waals surface area (Å²) >= 11 is 0. The zero-order chi connectivity index (χ0) is 18.2. The molecule has 2 aliphatic heterocycles. The number of carbonyl (C=O) groups is 2. The number of primary amides is 1. The fourth-order valence-electron chi connectivity index (χ4n) is 3.42. The van der Waals surface area contributed by atoms with Gasteiger partial charge in [-0.25, -0.2) is 9.59 Å². The van der Waals surface area contributed by atoms with Gasteiger partial charge in [0.05, 0.1) is 6.54 Å². The van der Waals surface area contributed by atoms with Gasteiger partial charge in [-0.15, -0.1) is 0 Å². The van der Waals surface area contributed by atoms with Crippen LogP contribution in [-0.4, -0.2) is 37.5 Å². The van der Waals surface area contributed by atoms with Crippen LogP contribution in [0.25, 0.3) is 0 Å². The van der Waals surface area contributed by atoms with Gasteiger partial charge < -0.3 is 20.5 Å². The summed E-state index contributed by atoms with van der Waals surface area (Å²) in [5, 5.41) is 3.33. The molecule has 0 aliphatic carbocycles. The number of benzene rings is 1. The van der Waals surface area contributed by atoms with Gasteiger partial charge in [0, 0.05) is 17.6 Å². The summed E-state index contributed by atoms with van der Waals surface area (Å²) in [6, 6.07) is 6.01. The number of anilines is 1. The number of amides is 2. The van der Waals surface area contributed by atoms with E-state index in [4.69, 9.17) is 15.2 Å². The molecule has 136 valence electrons. The van der Waals surface area contributed by atoms with E-state index in [1.165, 1.54) is 11.1 Å². The molecule has 1 saturated heterocycles. The number of nitrogens with one attached hydrogen (secondary N) is 1. The number of cyclic esters (lactones) is 1. The predicted octanol–water partition coefficient (Wildman–Crippen LogP) is 2.17. The van der Waals surface area contributed by atoms with Crippen molar-refractivity contribution in [2.45, 2.75) is 45.9 Å². The van der Waals surface area contributed by atoms with Gasteiger partial charge in [-0.05, 0) is 36.2 Å². The molecule has 0 saturated carbocycles. The molecule has 2 amide bonds. The molecule has 1 unspecified atom stereocenters. The second-order valence-corrected chi connectivity index (χ2v) is 7.64. The van der Waals surface area contributed by atoms with Crippen molar-refractivity contribution in [3.8, 4) is 0 Å². The molecule has 0 bridgehead atoms. The first-order valence-corrected chi connectivity index (χ1v) is 8.52. The summed E-state index contributed by atoms with van der Waals surface area (Å²) in [6.07, 6.45) is -1.53. The summed E-state index contributed by atoms with van der Waals surface area (Å²) in [7, 11) is 0. The number of carbonyl (C=O) groups excluding carboxylic acids is 2. The molecule has 1 fully saturated rings. The fourth-order valence-corrected chi connectivity index (χ4v) is 3.42. The highest BCUT2D eigenvalue weighted by molar-refractivity contribution is 5.90. The SMILES string of the molecule is CC(C)(C)C(OC(N)=O)[C@@H]1CN(c2ccc3c(c2)CCNC3)C(=O)O1. The zero-order valence-corrected chi connectivity index (χ0v) is 14.9. The molecule has 0 spiro atoms. The maximum atomic E-state index is 12.4. The van der Waals surface area contributed by atoms with E-state index in [2.05, 4.69) is 5.32 Å². The number of hydrogen-bond acceptors (Lipinski definition) is 5. The third-order valence-electron chi connectivity index (χ3n) is 4.66. The first kappa shape index (κ1) is 17.5. The Morgan fingerprint density at radius 3 is 2.84 bits per heavy atom. The van der Waals surface area contributed by atoms with Gasteiger partial charge in [-0.2, -0.15) is 0 Å². The summed E-state index contributed by atoms with van der Waals surface area (Å²) in [5.41, 5.74) is 8.09. The van der Waals surface area contributed by atoms with Gasteiger partial charge in [-0.3, -0.25) is 4.90 Å². The molecule has 7 nitrogen and oxygen atoms in total. The Hall–Kier alpha value is -2.28. The monoisotopic (exact) mass is 347 g/mol. The van der Waals surface area contributed by atoms with Crippen LogP contribution in [0.1, 0.15) is 31.9 Å². The molecule has 25 heavy (non-hydrogen) atoms.